The highest BCUT2D eigenvalue weighted by atomic mass is 19.1. The molecule has 3 aromatic rings. The number of halogens is 1. The number of likely N-dealkylation sites (tertiary alicyclic amines) is 1. The van der Waals surface area contributed by atoms with Gasteiger partial charge in [0.1, 0.15) is 5.82 Å². The van der Waals surface area contributed by atoms with E-state index in [9.17, 15) is 4.39 Å². The van der Waals surface area contributed by atoms with E-state index in [2.05, 4.69) is 66.9 Å². The third-order valence-corrected chi connectivity index (χ3v) is 7.20. The van der Waals surface area contributed by atoms with Crippen LogP contribution >= 0.6 is 0 Å². The number of rotatable bonds is 11. The third kappa shape index (κ3) is 12.4. The van der Waals surface area contributed by atoms with E-state index in [-0.39, 0.29) is 12.2 Å². The number of aryl methyl sites for hydroxylation is 4. The second-order valence-corrected chi connectivity index (χ2v) is 10.8. The number of hydrogen-bond acceptors (Lipinski definition) is 3. The van der Waals surface area contributed by atoms with Crippen LogP contribution < -0.4 is 5.73 Å². The lowest BCUT2D eigenvalue weighted by molar-refractivity contribution is -0.106. The van der Waals surface area contributed by atoms with Crippen molar-refractivity contribution >= 4 is 6.41 Å². The van der Waals surface area contributed by atoms with Gasteiger partial charge in [-0.15, -0.1) is 0 Å². The Morgan fingerprint density at radius 3 is 2.08 bits per heavy atom. The first-order valence-electron chi connectivity index (χ1n) is 15.2. The number of primary amides is 1. The molecule has 4 rings (SSSR count). The quantitative estimate of drug-likeness (QED) is 0.249. The van der Waals surface area contributed by atoms with Crippen LogP contribution in [0.3, 0.4) is 0 Å². The zero-order valence-electron chi connectivity index (χ0n) is 25.2. The second-order valence-electron chi connectivity index (χ2n) is 10.8. The number of benzene rings is 2. The standard InChI is InChI=1S/C32H41FN2.C2H6.CH3NO/c1-25(2)8-9-27-21-28(23-31(33)22-27)12-16-32-17-15-30(24-34-32)29-13-10-26(11-14-29)7-6-20-35-18-4-3-5-19-35;1-2;2-1-3/h10-11,13-15,17,21-25H,3-9,12,16,18-20H2,1-2H3;1-2H3;1H,(H2,2,3). The largest absolute Gasteiger partial charge is 0.372 e. The van der Waals surface area contributed by atoms with Crippen molar-refractivity contribution in [1.29, 1.82) is 0 Å². The molecule has 5 heteroatoms. The smallest absolute Gasteiger partial charge is 0.204 e. The van der Waals surface area contributed by atoms with E-state index in [0.29, 0.717) is 5.92 Å². The van der Waals surface area contributed by atoms with Crippen molar-refractivity contribution in [1.82, 2.24) is 9.88 Å². The van der Waals surface area contributed by atoms with Crippen LogP contribution in [0.2, 0.25) is 0 Å². The van der Waals surface area contributed by atoms with Crippen molar-refractivity contribution < 1.29 is 9.18 Å². The monoisotopic (exact) mass is 547 g/mol. The van der Waals surface area contributed by atoms with Crippen LogP contribution in [-0.2, 0) is 30.5 Å². The highest BCUT2D eigenvalue weighted by Crippen LogP contribution is 2.21. The Kier molecular flexibility index (Phi) is 15.8. The summed E-state index contributed by atoms with van der Waals surface area (Å²) in [4.78, 5) is 15.9. The van der Waals surface area contributed by atoms with Gasteiger partial charge in [0.2, 0.25) is 6.41 Å². The van der Waals surface area contributed by atoms with Crippen molar-refractivity contribution in [3.8, 4) is 11.1 Å². The van der Waals surface area contributed by atoms with Crippen LogP contribution in [-0.4, -0.2) is 35.9 Å². The van der Waals surface area contributed by atoms with Gasteiger partial charge in [-0.1, -0.05) is 70.5 Å². The number of hydrogen-bond donors (Lipinski definition) is 1. The van der Waals surface area contributed by atoms with Crippen molar-refractivity contribution in [3.05, 3.63) is 89.0 Å². The number of nitrogens with two attached hydrogens (primary N) is 1. The molecule has 0 radical (unpaired) electrons. The van der Waals surface area contributed by atoms with Crippen LogP contribution in [0.5, 0.6) is 0 Å². The summed E-state index contributed by atoms with van der Waals surface area (Å²) in [6.45, 7) is 12.2. The van der Waals surface area contributed by atoms with Crippen molar-refractivity contribution in [3.63, 3.8) is 0 Å². The minimum atomic E-state index is -0.125. The van der Waals surface area contributed by atoms with Gasteiger partial charge in [-0.05, 0) is 117 Å². The van der Waals surface area contributed by atoms with E-state index < -0.39 is 0 Å². The summed E-state index contributed by atoms with van der Waals surface area (Å²) >= 11 is 0. The van der Waals surface area contributed by atoms with E-state index >= 15 is 0 Å². The molecule has 1 aliphatic heterocycles. The minimum absolute atomic E-state index is 0.125. The summed E-state index contributed by atoms with van der Waals surface area (Å²) in [5.41, 5.74) is 11.2. The van der Waals surface area contributed by atoms with Crippen molar-refractivity contribution in [2.24, 2.45) is 11.7 Å². The summed E-state index contributed by atoms with van der Waals surface area (Å²) in [5, 5.41) is 0. The second kappa shape index (κ2) is 19.1. The van der Waals surface area contributed by atoms with Crippen LogP contribution in [0.4, 0.5) is 4.39 Å². The van der Waals surface area contributed by atoms with Gasteiger partial charge in [-0.3, -0.25) is 9.78 Å². The Balaban J connectivity index is 0.00000105. The zero-order valence-corrected chi connectivity index (χ0v) is 25.2. The molecule has 1 aliphatic rings. The van der Waals surface area contributed by atoms with Crippen LogP contribution in [0.25, 0.3) is 11.1 Å². The molecule has 40 heavy (non-hydrogen) atoms. The molecule has 0 bridgehead atoms. The molecule has 0 saturated carbocycles. The van der Waals surface area contributed by atoms with E-state index in [1.165, 1.54) is 56.4 Å². The molecular weight excluding hydrogens is 497 g/mol. The SMILES string of the molecule is CC.CC(C)CCc1cc(F)cc(CCc2ccc(-c3ccc(CCCN4CCCCC4)cc3)cn2)c1.NC=O. The lowest BCUT2D eigenvalue weighted by atomic mass is 9.98. The van der Waals surface area contributed by atoms with Crippen molar-refractivity contribution in [2.45, 2.75) is 85.5 Å². The molecule has 4 nitrogen and oxygen atoms in total. The van der Waals surface area contributed by atoms with E-state index in [4.69, 9.17) is 9.78 Å². The Morgan fingerprint density at radius 1 is 0.850 bits per heavy atom. The molecule has 2 heterocycles. The summed E-state index contributed by atoms with van der Waals surface area (Å²) in [7, 11) is 0. The third-order valence-electron chi connectivity index (χ3n) is 7.20. The fourth-order valence-corrected chi connectivity index (χ4v) is 5.03. The first kappa shape index (κ1) is 33.2. The molecule has 1 saturated heterocycles. The molecule has 0 aliphatic carbocycles. The molecule has 218 valence electrons. The Labute approximate surface area is 242 Å². The van der Waals surface area contributed by atoms with Gasteiger partial charge < -0.3 is 10.6 Å². The summed E-state index contributed by atoms with van der Waals surface area (Å²) < 4.78 is 14.1. The molecule has 1 amide bonds. The van der Waals surface area contributed by atoms with Crippen molar-refractivity contribution in [2.75, 3.05) is 19.6 Å². The molecule has 1 aromatic heterocycles. The first-order chi connectivity index (χ1) is 19.5. The maximum absolute atomic E-state index is 14.1. The molecule has 0 atom stereocenters. The predicted octanol–water partition coefficient (Wildman–Crippen LogP) is 7.81. The number of aromatic nitrogens is 1. The predicted molar refractivity (Wildman–Crippen MR) is 167 cm³/mol. The average molecular weight is 548 g/mol. The molecule has 2 N–H and O–H groups in total. The lowest BCUT2D eigenvalue weighted by Gasteiger charge is -2.26. The zero-order chi connectivity index (χ0) is 29.2. The fraction of sp³-hybridized carbons (Fsp3) is 0.486. The number of carbonyl (C=O) groups is 1. The molecule has 2 aromatic carbocycles. The molecule has 0 spiro atoms. The Hall–Kier alpha value is -3.05. The first-order valence-corrected chi connectivity index (χ1v) is 15.2. The number of pyridine rings is 1. The van der Waals surface area contributed by atoms with Gasteiger partial charge in [0.15, 0.2) is 0 Å². The van der Waals surface area contributed by atoms with E-state index in [1.807, 2.05) is 20.0 Å². The van der Waals surface area contributed by atoms with Gasteiger partial charge in [0, 0.05) is 17.5 Å². The summed E-state index contributed by atoms with van der Waals surface area (Å²) in [6, 6.07) is 18.7. The topological polar surface area (TPSA) is 59.2 Å². The fourth-order valence-electron chi connectivity index (χ4n) is 5.03. The Morgan fingerprint density at radius 2 is 1.48 bits per heavy atom. The maximum atomic E-state index is 14.1. The highest BCUT2D eigenvalue weighted by Gasteiger charge is 2.09. The molecule has 1 fully saturated rings. The average Bonchev–Trinajstić information content (AvgIpc) is 2.97. The lowest BCUT2D eigenvalue weighted by Crippen LogP contribution is -2.30. The maximum Gasteiger partial charge on any atom is 0.204 e. The summed E-state index contributed by atoms with van der Waals surface area (Å²) in [5.74, 6) is 0.504. The number of nitrogens with zero attached hydrogens (tertiary/aromatic N) is 2. The van der Waals surface area contributed by atoms with Gasteiger partial charge in [-0.25, -0.2) is 4.39 Å². The van der Waals surface area contributed by atoms with Gasteiger partial charge in [-0.2, -0.15) is 0 Å². The van der Waals surface area contributed by atoms with E-state index in [1.54, 1.807) is 12.1 Å². The van der Waals surface area contributed by atoms with Gasteiger partial charge in [0.25, 0.3) is 0 Å². The van der Waals surface area contributed by atoms with Crippen LogP contribution in [0.15, 0.2) is 60.8 Å². The highest BCUT2D eigenvalue weighted by molar-refractivity contribution is 5.62. The van der Waals surface area contributed by atoms with E-state index in [0.717, 1.165) is 54.5 Å². The van der Waals surface area contributed by atoms with Crippen LogP contribution in [0, 0.1) is 11.7 Å². The Bertz CT molecular complexity index is 1090. The van der Waals surface area contributed by atoms with Crippen LogP contribution in [0.1, 0.15) is 82.2 Å². The molecular formula is C35H50FN3O. The normalized spacial score (nSPS) is 13.2. The number of piperidine rings is 1. The summed E-state index contributed by atoms with van der Waals surface area (Å²) in [6.07, 6.45) is 12.4. The minimum Gasteiger partial charge on any atom is -0.372 e. The number of carbonyl (C=O) groups excluding carboxylic acids is 1. The molecule has 0 unspecified atom stereocenters. The van der Waals surface area contributed by atoms with Gasteiger partial charge in [0.05, 0.1) is 0 Å². The number of amides is 1. The van der Waals surface area contributed by atoms with Gasteiger partial charge >= 0.3 is 0 Å².